The van der Waals surface area contributed by atoms with Crippen LogP contribution in [0.1, 0.15) is 37.8 Å². The van der Waals surface area contributed by atoms with Crippen LogP contribution in [0.4, 0.5) is 4.79 Å². The van der Waals surface area contributed by atoms with E-state index in [4.69, 9.17) is 14.2 Å². The van der Waals surface area contributed by atoms with Crippen molar-refractivity contribution in [2.45, 2.75) is 38.3 Å². The molecular formula is C23H27NO5. The number of alkyl carbamates (subject to hydrolysis) is 1. The van der Waals surface area contributed by atoms with Gasteiger partial charge in [0.15, 0.2) is 6.04 Å². The lowest BCUT2D eigenvalue weighted by atomic mass is 9.98. The molecule has 0 unspecified atom stereocenters. The molecule has 1 atom stereocenters. The van der Waals surface area contributed by atoms with Crippen LogP contribution in [0.3, 0.4) is 0 Å². The number of methoxy groups -OCH3 is 1. The molecule has 1 N–H and O–H groups in total. The summed E-state index contributed by atoms with van der Waals surface area (Å²) in [5, 5.41) is 2.55. The van der Waals surface area contributed by atoms with Gasteiger partial charge in [-0.1, -0.05) is 48.5 Å². The Balaban J connectivity index is 1.66. The number of esters is 1. The smallest absolute Gasteiger partial charge is 0.407 e. The van der Waals surface area contributed by atoms with Gasteiger partial charge in [0.1, 0.15) is 6.61 Å². The highest BCUT2D eigenvalue weighted by molar-refractivity contribution is 5.82. The average Bonchev–Trinajstić information content (AvgIpc) is 3.02. The van der Waals surface area contributed by atoms with Gasteiger partial charge in [0.05, 0.1) is 19.3 Å². The van der Waals surface area contributed by atoms with Gasteiger partial charge >= 0.3 is 12.1 Å². The summed E-state index contributed by atoms with van der Waals surface area (Å²) in [6.07, 6.45) is -0.681. The second-order valence-corrected chi connectivity index (χ2v) is 7.97. The number of fused-ring (bicyclic) bond motifs is 3. The minimum absolute atomic E-state index is 0.000366. The van der Waals surface area contributed by atoms with Crippen LogP contribution >= 0.6 is 0 Å². The van der Waals surface area contributed by atoms with Crippen molar-refractivity contribution in [3.8, 4) is 11.1 Å². The second-order valence-electron chi connectivity index (χ2n) is 7.97. The highest BCUT2D eigenvalue weighted by atomic mass is 16.6. The third-order valence-corrected chi connectivity index (χ3v) is 4.80. The van der Waals surface area contributed by atoms with Crippen molar-refractivity contribution in [3.63, 3.8) is 0 Å². The maximum atomic E-state index is 12.4. The number of amides is 1. The third-order valence-electron chi connectivity index (χ3n) is 4.80. The molecule has 154 valence electrons. The molecule has 0 aliphatic heterocycles. The van der Waals surface area contributed by atoms with E-state index in [2.05, 4.69) is 29.6 Å². The van der Waals surface area contributed by atoms with Gasteiger partial charge in [0, 0.05) is 5.92 Å². The van der Waals surface area contributed by atoms with Crippen molar-refractivity contribution in [3.05, 3.63) is 59.7 Å². The first-order chi connectivity index (χ1) is 13.8. The molecule has 3 rings (SSSR count). The predicted octanol–water partition coefficient (Wildman–Crippen LogP) is 3.88. The summed E-state index contributed by atoms with van der Waals surface area (Å²) in [7, 11) is 1.27. The molecule has 1 aliphatic rings. The molecule has 0 heterocycles. The van der Waals surface area contributed by atoms with Gasteiger partial charge in [-0.25, -0.2) is 9.59 Å². The Morgan fingerprint density at radius 1 is 1.00 bits per heavy atom. The molecular weight excluding hydrogens is 370 g/mol. The SMILES string of the molecule is COC(=O)[C@@H](COC(C)(C)C)NC(=O)OCC1c2ccccc2-c2ccccc21. The Labute approximate surface area is 171 Å². The third kappa shape index (κ3) is 4.95. The van der Waals surface area contributed by atoms with Gasteiger partial charge in [-0.05, 0) is 43.0 Å². The van der Waals surface area contributed by atoms with Crippen molar-refractivity contribution in [2.75, 3.05) is 20.3 Å². The van der Waals surface area contributed by atoms with E-state index in [0.717, 1.165) is 22.3 Å². The van der Waals surface area contributed by atoms with E-state index < -0.39 is 23.7 Å². The Kier molecular flexibility index (Phi) is 6.23. The molecule has 0 fully saturated rings. The van der Waals surface area contributed by atoms with Crippen LogP contribution in [-0.2, 0) is 19.0 Å². The molecule has 29 heavy (non-hydrogen) atoms. The normalized spacial score (nSPS) is 13.9. The molecule has 0 saturated carbocycles. The molecule has 0 radical (unpaired) electrons. The van der Waals surface area contributed by atoms with Crippen molar-refractivity contribution >= 4 is 12.1 Å². The number of hydrogen-bond donors (Lipinski definition) is 1. The molecule has 6 heteroatoms. The van der Waals surface area contributed by atoms with Crippen LogP contribution < -0.4 is 5.32 Å². The van der Waals surface area contributed by atoms with Crippen LogP contribution in [0.25, 0.3) is 11.1 Å². The average molecular weight is 397 g/mol. The number of carbonyl (C=O) groups is 2. The molecule has 6 nitrogen and oxygen atoms in total. The first-order valence-corrected chi connectivity index (χ1v) is 9.63. The van der Waals surface area contributed by atoms with E-state index in [0.29, 0.717) is 0 Å². The number of rotatable bonds is 6. The Morgan fingerprint density at radius 3 is 2.07 bits per heavy atom. The summed E-state index contributed by atoms with van der Waals surface area (Å²) in [5.41, 5.74) is 4.12. The monoisotopic (exact) mass is 397 g/mol. The lowest BCUT2D eigenvalue weighted by Crippen LogP contribution is -2.46. The summed E-state index contributed by atoms with van der Waals surface area (Å²) in [5.74, 6) is -0.627. The summed E-state index contributed by atoms with van der Waals surface area (Å²) < 4.78 is 15.9. The minimum Gasteiger partial charge on any atom is -0.467 e. The fraction of sp³-hybridized carbons (Fsp3) is 0.391. The Bertz CT molecular complexity index is 841. The summed E-state index contributed by atoms with van der Waals surface area (Å²) in [6, 6.07) is 15.3. The summed E-state index contributed by atoms with van der Waals surface area (Å²) in [6.45, 7) is 5.78. The van der Waals surface area contributed by atoms with Gasteiger partial charge < -0.3 is 19.5 Å². The maximum absolute atomic E-state index is 12.4. The van der Waals surface area contributed by atoms with Gasteiger partial charge in [-0.15, -0.1) is 0 Å². The van der Waals surface area contributed by atoms with Crippen molar-refractivity contribution in [2.24, 2.45) is 0 Å². The van der Waals surface area contributed by atoms with Crippen LogP contribution in [0, 0.1) is 0 Å². The van der Waals surface area contributed by atoms with Gasteiger partial charge in [-0.3, -0.25) is 0 Å². The van der Waals surface area contributed by atoms with Crippen LogP contribution in [0.2, 0.25) is 0 Å². The van der Waals surface area contributed by atoms with Crippen LogP contribution in [0.15, 0.2) is 48.5 Å². The summed E-state index contributed by atoms with van der Waals surface area (Å²) in [4.78, 5) is 24.4. The first kappa shape index (κ1) is 20.9. The first-order valence-electron chi connectivity index (χ1n) is 9.63. The van der Waals surface area contributed by atoms with Gasteiger partial charge in [0.2, 0.25) is 0 Å². The van der Waals surface area contributed by atoms with E-state index in [-0.39, 0.29) is 19.1 Å². The van der Waals surface area contributed by atoms with E-state index in [1.54, 1.807) is 0 Å². The largest absolute Gasteiger partial charge is 0.467 e. The fourth-order valence-corrected chi connectivity index (χ4v) is 3.43. The highest BCUT2D eigenvalue weighted by Crippen LogP contribution is 2.44. The van der Waals surface area contributed by atoms with Crippen LogP contribution in [0.5, 0.6) is 0 Å². The summed E-state index contributed by atoms with van der Waals surface area (Å²) >= 11 is 0. The fourth-order valence-electron chi connectivity index (χ4n) is 3.43. The van der Waals surface area contributed by atoms with Crippen molar-refractivity contribution in [1.29, 1.82) is 0 Å². The molecule has 0 spiro atoms. The minimum atomic E-state index is -0.935. The van der Waals surface area contributed by atoms with E-state index >= 15 is 0 Å². The molecule has 0 bridgehead atoms. The predicted molar refractivity (Wildman–Crippen MR) is 110 cm³/mol. The molecule has 2 aromatic carbocycles. The Hall–Kier alpha value is -2.86. The topological polar surface area (TPSA) is 73.9 Å². The van der Waals surface area contributed by atoms with E-state index in [1.807, 2.05) is 45.0 Å². The maximum Gasteiger partial charge on any atom is 0.407 e. The standard InChI is InChI=1S/C23H27NO5/c1-23(2,3)29-14-20(21(25)27-4)24-22(26)28-13-19-17-11-7-5-9-15(17)16-10-6-8-12-18(16)19/h5-12,19-20H,13-14H2,1-4H3,(H,24,26)/t20-/m1/s1. The quantitative estimate of drug-likeness (QED) is 0.749. The van der Waals surface area contributed by atoms with Crippen molar-refractivity contribution < 1.29 is 23.8 Å². The number of carbonyl (C=O) groups excluding carboxylic acids is 2. The van der Waals surface area contributed by atoms with Gasteiger partial charge in [-0.2, -0.15) is 0 Å². The molecule has 0 saturated heterocycles. The number of ether oxygens (including phenoxy) is 3. The molecule has 1 aliphatic carbocycles. The second kappa shape index (κ2) is 8.66. The van der Waals surface area contributed by atoms with Crippen LogP contribution in [-0.4, -0.2) is 44.0 Å². The zero-order valence-corrected chi connectivity index (χ0v) is 17.2. The molecule has 0 aromatic heterocycles. The van der Waals surface area contributed by atoms with E-state index in [1.165, 1.54) is 7.11 Å². The van der Waals surface area contributed by atoms with Crippen molar-refractivity contribution in [1.82, 2.24) is 5.32 Å². The van der Waals surface area contributed by atoms with E-state index in [9.17, 15) is 9.59 Å². The molecule has 2 aromatic rings. The zero-order valence-electron chi connectivity index (χ0n) is 17.2. The Morgan fingerprint density at radius 2 is 1.55 bits per heavy atom. The highest BCUT2D eigenvalue weighted by Gasteiger charge is 2.30. The lowest BCUT2D eigenvalue weighted by molar-refractivity contribution is -0.146. The van der Waals surface area contributed by atoms with Gasteiger partial charge in [0.25, 0.3) is 0 Å². The number of benzene rings is 2. The molecule has 1 amide bonds. The lowest BCUT2D eigenvalue weighted by Gasteiger charge is -2.24. The number of hydrogen-bond acceptors (Lipinski definition) is 5. The zero-order chi connectivity index (χ0) is 21.0. The number of nitrogens with one attached hydrogen (secondary N) is 1.